The number of nitrogens with zero attached hydrogens (tertiary/aromatic N) is 2. The van der Waals surface area contributed by atoms with Crippen molar-refractivity contribution in [1.29, 1.82) is 0 Å². The summed E-state index contributed by atoms with van der Waals surface area (Å²) >= 11 is 11.6. The monoisotopic (exact) mass is 284 g/mol. The van der Waals surface area contributed by atoms with Crippen LogP contribution in [0.25, 0.3) is 0 Å². The summed E-state index contributed by atoms with van der Waals surface area (Å²) in [5, 5.41) is 0.0317. The van der Waals surface area contributed by atoms with Crippen molar-refractivity contribution >= 4 is 29.5 Å². The fraction of sp³-hybridized carbons (Fsp3) is 0.0833. The number of halogens is 3. The van der Waals surface area contributed by atoms with Crippen molar-refractivity contribution in [3.05, 3.63) is 57.3 Å². The number of rotatable bonds is 3. The normalized spacial score (nSPS) is 10.4. The van der Waals surface area contributed by atoms with Gasteiger partial charge in [-0.25, -0.2) is 14.4 Å². The summed E-state index contributed by atoms with van der Waals surface area (Å²) in [6.45, 7) is 0. The molecule has 0 N–H and O–H groups in total. The predicted molar refractivity (Wildman–Crippen MR) is 66.6 cm³/mol. The molecule has 0 aliphatic rings. The highest BCUT2D eigenvalue weighted by atomic mass is 35.5. The molecule has 2 aromatic rings. The van der Waals surface area contributed by atoms with Crippen LogP contribution in [0.5, 0.6) is 0 Å². The number of aromatic nitrogens is 2. The van der Waals surface area contributed by atoms with E-state index in [2.05, 4.69) is 9.97 Å². The maximum atomic E-state index is 12.7. The minimum Gasteiger partial charge on any atom is -0.298 e. The van der Waals surface area contributed by atoms with Crippen LogP contribution >= 0.6 is 23.2 Å². The molecule has 0 spiro atoms. The van der Waals surface area contributed by atoms with Crippen LogP contribution in [-0.2, 0) is 6.42 Å². The number of hydrogen-bond donors (Lipinski definition) is 0. The highest BCUT2D eigenvalue weighted by molar-refractivity contribution is 6.36. The molecule has 0 radical (unpaired) electrons. The number of hydrogen-bond acceptors (Lipinski definition) is 3. The number of carbonyl (C=O) groups is 1. The molecule has 1 heterocycles. The van der Waals surface area contributed by atoms with Crippen molar-refractivity contribution in [1.82, 2.24) is 9.97 Å². The average molecular weight is 285 g/mol. The molecular weight excluding hydrogens is 278 g/mol. The highest BCUT2D eigenvalue weighted by Crippen LogP contribution is 2.20. The van der Waals surface area contributed by atoms with Gasteiger partial charge in [0.25, 0.3) is 0 Å². The third-order valence-electron chi connectivity index (χ3n) is 2.29. The SMILES string of the molecule is O=Cc1c(Cl)nc(Cc2ccc(F)cc2)nc1Cl. The summed E-state index contributed by atoms with van der Waals surface area (Å²) in [5.41, 5.74) is 0.892. The number of benzene rings is 1. The van der Waals surface area contributed by atoms with E-state index in [4.69, 9.17) is 23.2 Å². The standard InChI is InChI=1S/C12H7Cl2FN2O/c13-11-9(6-18)12(14)17-10(16-11)5-7-1-3-8(15)4-2-7/h1-4,6H,5H2. The zero-order valence-corrected chi connectivity index (χ0v) is 10.5. The molecule has 92 valence electrons. The Balaban J connectivity index is 2.30. The second-order valence-corrected chi connectivity index (χ2v) is 4.27. The summed E-state index contributed by atoms with van der Waals surface area (Å²) in [7, 11) is 0. The first-order valence-electron chi connectivity index (χ1n) is 5.01. The number of carbonyl (C=O) groups excluding carboxylic acids is 1. The van der Waals surface area contributed by atoms with Gasteiger partial charge in [0.2, 0.25) is 0 Å². The van der Waals surface area contributed by atoms with E-state index in [0.29, 0.717) is 18.5 Å². The van der Waals surface area contributed by atoms with E-state index in [-0.39, 0.29) is 21.7 Å². The van der Waals surface area contributed by atoms with Crippen LogP contribution in [0, 0.1) is 5.82 Å². The van der Waals surface area contributed by atoms with Crippen molar-refractivity contribution in [2.24, 2.45) is 0 Å². The molecule has 3 nitrogen and oxygen atoms in total. The van der Waals surface area contributed by atoms with Gasteiger partial charge in [-0.1, -0.05) is 35.3 Å². The Morgan fingerprint density at radius 1 is 1.11 bits per heavy atom. The highest BCUT2D eigenvalue weighted by Gasteiger charge is 2.11. The molecule has 1 aromatic carbocycles. The second kappa shape index (κ2) is 5.42. The minimum atomic E-state index is -0.313. The molecule has 0 saturated carbocycles. The van der Waals surface area contributed by atoms with Gasteiger partial charge in [-0.05, 0) is 17.7 Å². The van der Waals surface area contributed by atoms with Crippen LogP contribution in [0.3, 0.4) is 0 Å². The fourth-order valence-electron chi connectivity index (χ4n) is 1.42. The largest absolute Gasteiger partial charge is 0.298 e. The van der Waals surface area contributed by atoms with Gasteiger partial charge in [-0.15, -0.1) is 0 Å². The first-order valence-corrected chi connectivity index (χ1v) is 5.77. The zero-order valence-electron chi connectivity index (χ0n) is 9.03. The molecule has 6 heteroatoms. The molecule has 0 saturated heterocycles. The number of aldehydes is 1. The van der Waals surface area contributed by atoms with E-state index in [1.165, 1.54) is 12.1 Å². The predicted octanol–water partition coefficient (Wildman–Crippen LogP) is 3.33. The van der Waals surface area contributed by atoms with Gasteiger partial charge in [-0.2, -0.15) is 0 Å². The Morgan fingerprint density at radius 2 is 1.67 bits per heavy atom. The second-order valence-electron chi connectivity index (χ2n) is 3.56. The molecule has 1 aromatic heterocycles. The zero-order chi connectivity index (χ0) is 13.1. The van der Waals surface area contributed by atoms with Gasteiger partial charge in [0.15, 0.2) is 6.29 Å². The lowest BCUT2D eigenvalue weighted by molar-refractivity contribution is 0.112. The Kier molecular flexibility index (Phi) is 3.89. The topological polar surface area (TPSA) is 42.9 Å². The van der Waals surface area contributed by atoms with Crippen LogP contribution in [0.4, 0.5) is 4.39 Å². The third-order valence-corrected chi connectivity index (χ3v) is 2.87. The smallest absolute Gasteiger partial charge is 0.156 e. The van der Waals surface area contributed by atoms with Crippen LogP contribution < -0.4 is 0 Å². The van der Waals surface area contributed by atoms with Crippen LogP contribution in [-0.4, -0.2) is 16.3 Å². The summed E-state index contributed by atoms with van der Waals surface area (Å²) in [5.74, 6) is 0.0641. The maximum Gasteiger partial charge on any atom is 0.156 e. The Morgan fingerprint density at radius 3 is 2.17 bits per heavy atom. The molecule has 2 rings (SSSR count). The van der Waals surface area contributed by atoms with Gasteiger partial charge in [0.05, 0.1) is 5.56 Å². The maximum absolute atomic E-state index is 12.7. The van der Waals surface area contributed by atoms with E-state index in [9.17, 15) is 9.18 Å². The van der Waals surface area contributed by atoms with Crippen molar-refractivity contribution in [3.8, 4) is 0 Å². The van der Waals surface area contributed by atoms with Crippen LogP contribution in [0.15, 0.2) is 24.3 Å². The van der Waals surface area contributed by atoms with E-state index in [1.807, 2.05) is 0 Å². The molecule has 0 amide bonds. The van der Waals surface area contributed by atoms with Crippen molar-refractivity contribution < 1.29 is 9.18 Å². The van der Waals surface area contributed by atoms with Crippen molar-refractivity contribution in [2.45, 2.75) is 6.42 Å². The lowest BCUT2D eigenvalue weighted by Gasteiger charge is -2.04. The summed E-state index contributed by atoms with van der Waals surface area (Å²) in [6, 6.07) is 5.93. The first-order chi connectivity index (χ1) is 8.60. The van der Waals surface area contributed by atoms with Crippen LogP contribution in [0.2, 0.25) is 10.3 Å². The fourth-order valence-corrected chi connectivity index (χ4v) is 1.93. The molecule has 0 bridgehead atoms. The Hall–Kier alpha value is -1.52. The molecule has 0 unspecified atom stereocenters. The third kappa shape index (κ3) is 2.83. The van der Waals surface area contributed by atoms with Gasteiger partial charge in [0.1, 0.15) is 21.9 Å². The van der Waals surface area contributed by atoms with Crippen molar-refractivity contribution in [3.63, 3.8) is 0 Å². The molecule has 0 aliphatic heterocycles. The minimum absolute atomic E-state index is 0.0158. The lowest BCUT2D eigenvalue weighted by atomic mass is 10.1. The van der Waals surface area contributed by atoms with E-state index >= 15 is 0 Å². The average Bonchev–Trinajstić information content (AvgIpc) is 2.32. The molecule has 18 heavy (non-hydrogen) atoms. The van der Waals surface area contributed by atoms with E-state index in [1.54, 1.807) is 12.1 Å². The molecular formula is C12H7Cl2FN2O. The van der Waals surface area contributed by atoms with E-state index in [0.717, 1.165) is 5.56 Å². The van der Waals surface area contributed by atoms with Gasteiger partial charge < -0.3 is 0 Å². The quantitative estimate of drug-likeness (QED) is 0.641. The lowest BCUT2D eigenvalue weighted by Crippen LogP contribution is -2.01. The van der Waals surface area contributed by atoms with Crippen molar-refractivity contribution in [2.75, 3.05) is 0 Å². The van der Waals surface area contributed by atoms with E-state index < -0.39 is 0 Å². The summed E-state index contributed by atoms with van der Waals surface area (Å²) in [4.78, 5) is 18.6. The first kappa shape index (κ1) is 12.9. The molecule has 0 atom stereocenters. The summed E-state index contributed by atoms with van der Waals surface area (Å²) in [6.07, 6.45) is 0.866. The Bertz CT molecular complexity index is 564. The Labute approximate surface area is 113 Å². The summed E-state index contributed by atoms with van der Waals surface area (Å²) < 4.78 is 12.7. The molecule has 0 aliphatic carbocycles. The molecule has 0 fully saturated rings. The van der Waals surface area contributed by atoms with Gasteiger partial charge in [0, 0.05) is 6.42 Å². The van der Waals surface area contributed by atoms with Gasteiger partial charge >= 0.3 is 0 Å². The van der Waals surface area contributed by atoms with Gasteiger partial charge in [-0.3, -0.25) is 4.79 Å². The van der Waals surface area contributed by atoms with Crippen LogP contribution in [0.1, 0.15) is 21.7 Å².